The summed E-state index contributed by atoms with van der Waals surface area (Å²) in [4.78, 5) is 2.36. The fourth-order valence-corrected chi connectivity index (χ4v) is 5.39. The zero-order valence-electron chi connectivity index (χ0n) is 16.9. The van der Waals surface area contributed by atoms with Crippen molar-refractivity contribution in [3.63, 3.8) is 0 Å². The number of nitrogens with one attached hydrogen (secondary N) is 2. The molecule has 2 aromatic carbocycles. The van der Waals surface area contributed by atoms with Gasteiger partial charge >= 0.3 is 0 Å². The van der Waals surface area contributed by atoms with Gasteiger partial charge < -0.3 is 15.5 Å². The lowest BCUT2D eigenvalue weighted by molar-refractivity contribution is 0.407. The maximum atomic E-state index is 14.4. The van der Waals surface area contributed by atoms with Gasteiger partial charge in [-0.05, 0) is 49.6 Å². The van der Waals surface area contributed by atoms with E-state index in [4.69, 9.17) is 11.6 Å². The van der Waals surface area contributed by atoms with Gasteiger partial charge in [0.2, 0.25) is 0 Å². The van der Waals surface area contributed by atoms with Crippen LogP contribution in [0.5, 0.6) is 0 Å². The third-order valence-corrected chi connectivity index (χ3v) is 6.46. The Kier molecular flexibility index (Phi) is 4.80. The van der Waals surface area contributed by atoms with Gasteiger partial charge in [0.25, 0.3) is 0 Å². The summed E-state index contributed by atoms with van der Waals surface area (Å²) in [7, 11) is 1.78. The normalized spacial score (nSPS) is 19.7. The predicted octanol–water partition coefficient (Wildman–Crippen LogP) is 4.91. The number of rotatable bonds is 3. The van der Waals surface area contributed by atoms with Crippen molar-refractivity contribution in [3.05, 3.63) is 41.3 Å². The van der Waals surface area contributed by atoms with Crippen molar-refractivity contribution in [2.75, 3.05) is 23.3 Å². The Bertz CT molecular complexity index is 1240. The van der Waals surface area contributed by atoms with Gasteiger partial charge in [-0.15, -0.1) is 0 Å². The highest BCUT2D eigenvalue weighted by molar-refractivity contribution is 7.14. The lowest BCUT2D eigenvalue weighted by Gasteiger charge is -2.37. The van der Waals surface area contributed by atoms with Crippen molar-refractivity contribution in [1.29, 1.82) is 0 Å². The summed E-state index contributed by atoms with van der Waals surface area (Å²) in [5.41, 5.74) is 2.07. The first kappa shape index (κ1) is 19.5. The molecule has 30 heavy (non-hydrogen) atoms. The molecule has 0 bridgehead atoms. The van der Waals surface area contributed by atoms with Crippen molar-refractivity contribution in [2.24, 2.45) is 7.05 Å². The van der Waals surface area contributed by atoms with Crippen molar-refractivity contribution in [3.8, 4) is 0 Å². The number of fused-ring (bicyclic) bond motifs is 2. The van der Waals surface area contributed by atoms with Crippen LogP contribution in [0.3, 0.4) is 0 Å². The molecular weight excluding hydrogens is 423 g/mol. The molecule has 0 unspecified atom stereocenters. The third kappa shape index (κ3) is 3.49. The zero-order chi connectivity index (χ0) is 21.0. The van der Waals surface area contributed by atoms with E-state index in [0.717, 1.165) is 34.2 Å². The summed E-state index contributed by atoms with van der Waals surface area (Å²) >= 11 is 8.08. The Morgan fingerprint density at radius 1 is 1.20 bits per heavy atom. The number of anilines is 3. The van der Waals surface area contributed by atoms with Crippen LogP contribution in [0.1, 0.15) is 13.8 Å². The molecule has 5 rings (SSSR count). The van der Waals surface area contributed by atoms with Gasteiger partial charge in [-0.1, -0.05) is 11.6 Å². The van der Waals surface area contributed by atoms with Gasteiger partial charge in [0.15, 0.2) is 11.6 Å². The van der Waals surface area contributed by atoms with Gasteiger partial charge in [-0.25, -0.2) is 4.39 Å². The fraction of sp³-hybridized carbons (Fsp3) is 0.333. The second kappa shape index (κ2) is 7.37. The SMILES string of the molecule is C[C@@H]1CN(c2cc(Cl)c3c(Nc4cc(F)c5nn(C)cc5c4)nsc3c2)C[C@@H](C)N1. The van der Waals surface area contributed by atoms with E-state index in [0.29, 0.717) is 34.1 Å². The third-order valence-electron chi connectivity index (χ3n) is 5.37. The molecule has 4 aromatic rings. The average Bonchev–Trinajstić information content (AvgIpc) is 3.24. The van der Waals surface area contributed by atoms with E-state index in [1.807, 2.05) is 12.1 Å². The summed E-state index contributed by atoms with van der Waals surface area (Å²) in [6, 6.07) is 8.27. The predicted molar refractivity (Wildman–Crippen MR) is 123 cm³/mol. The molecular formula is C21H22ClFN6S. The largest absolute Gasteiger partial charge is 0.368 e. The molecule has 1 aliphatic heterocycles. The highest BCUT2D eigenvalue weighted by Crippen LogP contribution is 2.38. The van der Waals surface area contributed by atoms with E-state index in [1.54, 1.807) is 17.9 Å². The molecule has 1 fully saturated rings. The van der Waals surface area contributed by atoms with E-state index in [2.05, 4.69) is 44.9 Å². The summed E-state index contributed by atoms with van der Waals surface area (Å²) in [6.45, 7) is 6.24. The molecule has 3 heterocycles. The fourth-order valence-electron chi connectivity index (χ4n) is 4.24. The number of hydrogen-bond donors (Lipinski definition) is 2. The number of hydrogen-bond acceptors (Lipinski definition) is 6. The molecule has 156 valence electrons. The van der Waals surface area contributed by atoms with Gasteiger partial charge in [0.05, 0.1) is 15.1 Å². The molecule has 2 N–H and O–H groups in total. The van der Waals surface area contributed by atoms with Crippen LogP contribution in [0.25, 0.3) is 21.0 Å². The van der Waals surface area contributed by atoms with Crippen molar-refractivity contribution in [1.82, 2.24) is 19.5 Å². The Balaban J connectivity index is 1.49. The molecule has 6 nitrogen and oxygen atoms in total. The molecule has 2 atom stereocenters. The Labute approximate surface area is 182 Å². The van der Waals surface area contributed by atoms with Crippen LogP contribution >= 0.6 is 23.1 Å². The van der Waals surface area contributed by atoms with Crippen molar-refractivity contribution >= 4 is 61.3 Å². The van der Waals surface area contributed by atoms with Gasteiger partial charge in [-0.3, -0.25) is 4.68 Å². The highest BCUT2D eigenvalue weighted by atomic mass is 35.5. The molecule has 0 aliphatic carbocycles. The van der Waals surface area contributed by atoms with Gasteiger partial charge in [0, 0.05) is 55.2 Å². The Morgan fingerprint density at radius 2 is 1.97 bits per heavy atom. The lowest BCUT2D eigenvalue weighted by atomic mass is 10.1. The molecule has 0 spiro atoms. The molecule has 1 saturated heterocycles. The molecule has 0 saturated carbocycles. The minimum absolute atomic E-state index is 0.355. The summed E-state index contributed by atoms with van der Waals surface area (Å²) < 4.78 is 21.6. The van der Waals surface area contributed by atoms with E-state index in [-0.39, 0.29) is 5.82 Å². The molecule has 0 radical (unpaired) electrons. The molecule has 9 heteroatoms. The second-order valence-electron chi connectivity index (χ2n) is 8.03. The maximum Gasteiger partial charge on any atom is 0.153 e. The molecule has 2 aromatic heterocycles. The monoisotopic (exact) mass is 444 g/mol. The van der Waals surface area contributed by atoms with E-state index in [1.165, 1.54) is 17.6 Å². The zero-order valence-corrected chi connectivity index (χ0v) is 18.5. The van der Waals surface area contributed by atoms with Crippen LogP contribution < -0.4 is 15.5 Å². The van der Waals surface area contributed by atoms with Gasteiger partial charge in [-0.2, -0.15) is 9.47 Å². The Hall–Kier alpha value is -2.42. The number of aryl methyl sites for hydroxylation is 1. The minimum atomic E-state index is -0.370. The number of piperazine rings is 1. The van der Waals surface area contributed by atoms with Crippen molar-refractivity contribution in [2.45, 2.75) is 25.9 Å². The quantitative estimate of drug-likeness (QED) is 0.470. The van der Waals surface area contributed by atoms with Gasteiger partial charge in [0.1, 0.15) is 5.52 Å². The summed E-state index contributed by atoms with van der Waals surface area (Å²) in [5.74, 6) is 0.265. The minimum Gasteiger partial charge on any atom is -0.368 e. The highest BCUT2D eigenvalue weighted by Gasteiger charge is 2.23. The second-order valence-corrected chi connectivity index (χ2v) is 9.24. The summed E-state index contributed by atoms with van der Waals surface area (Å²) in [5, 5.41) is 13.2. The van der Waals surface area contributed by atoms with E-state index >= 15 is 0 Å². The first-order chi connectivity index (χ1) is 14.4. The van der Waals surface area contributed by atoms with Crippen LogP contribution in [0.2, 0.25) is 5.02 Å². The first-order valence-corrected chi connectivity index (χ1v) is 11.0. The van der Waals surface area contributed by atoms with E-state index in [9.17, 15) is 4.39 Å². The Morgan fingerprint density at radius 3 is 2.73 bits per heavy atom. The van der Waals surface area contributed by atoms with Crippen LogP contribution in [0, 0.1) is 5.82 Å². The number of halogens is 2. The van der Waals surface area contributed by atoms with E-state index < -0.39 is 0 Å². The van der Waals surface area contributed by atoms with Crippen LogP contribution in [0.4, 0.5) is 21.6 Å². The topological polar surface area (TPSA) is 58.0 Å². The number of benzene rings is 2. The van der Waals surface area contributed by atoms with Crippen molar-refractivity contribution < 1.29 is 4.39 Å². The lowest BCUT2D eigenvalue weighted by Crippen LogP contribution is -2.54. The van der Waals surface area contributed by atoms with Crippen LogP contribution in [-0.4, -0.2) is 39.3 Å². The van der Waals surface area contributed by atoms with Crippen LogP contribution in [0.15, 0.2) is 30.5 Å². The molecule has 0 amide bonds. The maximum absolute atomic E-state index is 14.4. The number of aromatic nitrogens is 3. The summed E-state index contributed by atoms with van der Waals surface area (Å²) in [6.07, 6.45) is 1.79. The smallest absolute Gasteiger partial charge is 0.153 e. The first-order valence-electron chi connectivity index (χ1n) is 9.87. The standard InChI is InChI=1S/C21H22ClFN6S/c1-11-8-29(9-12(2)24-11)15-6-16(22)19-18(7-15)30-27-21(19)25-14-4-13-10-28(3)26-20(13)17(23)5-14/h4-7,10-12,24H,8-9H2,1-3H3,(H,25,27)/t11-,12-/m1/s1. The van der Waals surface area contributed by atoms with Crippen LogP contribution in [-0.2, 0) is 7.05 Å². The average molecular weight is 445 g/mol. The number of nitrogens with zero attached hydrogens (tertiary/aromatic N) is 4. The molecule has 1 aliphatic rings.